The molecule has 3 aromatic heterocycles. The van der Waals surface area contributed by atoms with Crippen LogP contribution in [-0.4, -0.2) is 71.3 Å². The molecule has 2 amide bonds. The number of nitrogens with one attached hydrogen (secondary N) is 1. The molecule has 6 rings (SSSR count). The van der Waals surface area contributed by atoms with Crippen LogP contribution in [0.5, 0.6) is 0 Å². The fourth-order valence-corrected chi connectivity index (χ4v) is 5.07. The number of fused-ring (bicyclic) bond motifs is 1. The van der Waals surface area contributed by atoms with E-state index in [0.717, 1.165) is 24.1 Å². The van der Waals surface area contributed by atoms with E-state index < -0.39 is 6.04 Å². The summed E-state index contributed by atoms with van der Waals surface area (Å²) in [5.41, 5.74) is 4.10. The first-order valence-electron chi connectivity index (χ1n) is 13.3. The number of amides is 2. The molecule has 2 atom stereocenters. The highest BCUT2D eigenvalue weighted by atomic mass is 16.5. The Balaban J connectivity index is 1.41. The zero-order chi connectivity index (χ0) is 28.2. The van der Waals surface area contributed by atoms with Crippen molar-refractivity contribution in [2.24, 2.45) is 0 Å². The minimum atomic E-state index is -0.986. The fraction of sp³-hybridized carbons (Fsp3) is 0.286. The molecule has 13 nitrogen and oxygen atoms in total. The predicted molar refractivity (Wildman–Crippen MR) is 148 cm³/mol. The highest BCUT2D eigenvalue weighted by Crippen LogP contribution is 2.31. The maximum atomic E-state index is 14.2. The van der Waals surface area contributed by atoms with Crippen LogP contribution in [0.2, 0.25) is 0 Å². The Morgan fingerprint density at radius 2 is 1.98 bits per heavy atom. The summed E-state index contributed by atoms with van der Waals surface area (Å²) in [6.07, 6.45) is 6.49. The van der Waals surface area contributed by atoms with Gasteiger partial charge in [0.1, 0.15) is 24.4 Å². The van der Waals surface area contributed by atoms with Crippen molar-refractivity contribution in [2.75, 3.05) is 18.1 Å². The summed E-state index contributed by atoms with van der Waals surface area (Å²) in [7, 11) is 0. The molecule has 0 spiro atoms. The number of benzene rings is 2. The average Bonchev–Trinajstić information content (AvgIpc) is 3.78. The van der Waals surface area contributed by atoms with E-state index in [-0.39, 0.29) is 24.5 Å². The van der Waals surface area contributed by atoms with Gasteiger partial charge in [0, 0.05) is 31.2 Å². The normalized spacial score (nSPS) is 15.6. The first-order chi connectivity index (χ1) is 20.1. The zero-order valence-electron chi connectivity index (χ0n) is 22.4. The van der Waals surface area contributed by atoms with Gasteiger partial charge in [-0.1, -0.05) is 17.3 Å². The van der Waals surface area contributed by atoms with E-state index in [1.54, 1.807) is 40.0 Å². The summed E-state index contributed by atoms with van der Waals surface area (Å²) in [6, 6.07) is 15.4. The molecule has 1 N–H and O–H groups in total. The summed E-state index contributed by atoms with van der Waals surface area (Å²) in [5, 5.41) is 22.8. The summed E-state index contributed by atoms with van der Waals surface area (Å²) >= 11 is 0. The number of aryl methyl sites for hydroxylation is 1. The van der Waals surface area contributed by atoms with Crippen LogP contribution in [0.25, 0.3) is 16.7 Å². The molecule has 0 bridgehead atoms. The molecule has 0 saturated carbocycles. The van der Waals surface area contributed by atoms with Crippen LogP contribution in [0.15, 0.2) is 73.3 Å². The fourth-order valence-electron chi connectivity index (χ4n) is 5.07. The van der Waals surface area contributed by atoms with Gasteiger partial charge in [-0.2, -0.15) is 0 Å². The molecular weight excluding hydrogens is 524 g/mol. The quantitative estimate of drug-likeness (QED) is 0.291. The first kappa shape index (κ1) is 26.2. The van der Waals surface area contributed by atoms with Crippen LogP contribution in [0, 0.1) is 6.92 Å². The van der Waals surface area contributed by atoms with Crippen molar-refractivity contribution < 1.29 is 14.3 Å². The highest BCUT2D eigenvalue weighted by Gasteiger charge is 2.34. The molecule has 1 fully saturated rings. The minimum absolute atomic E-state index is 0.0551. The molecule has 5 aromatic rings. The van der Waals surface area contributed by atoms with Crippen LogP contribution in [0.4, 0.5) is 5.69 Å². The molecule has 0 unspecified atom stereocenters. The second-order valence-corrected chi connectivity index (χ2v) is 9.79. The number of carbonyl (C=O) groups is 2. The van der Waals surface area contributed by atoms with Gasteiger partial charge in [-0.15, -0.1) is 10.2 Å². The van der Waals surface area contributed by atoms with Gasteiger partial charge >= 0.3 is 0 Å². The second-order valence-electron chi connectivity index (χ2n) is 9.79. The molecule has 0 aliphatic carbocycles. The number of anilines is 1. The van der Waals surface area contributed by atoms with Crippen LogP contribution >= 0.6 is 0 Å². The van der Waals surface area contributed by atoms with E-state index in [2.05, 4.69) is 36.1 Å². The Hall–Kier alpha value is -5.04. The standard InChI is InChI=1S/C28H28N10O3/c1-19-15-21(8-9-24(19)37-18-31-33-35-37)38(26(39)17-36-25-7-3-2-6-23(25)32-34-36)27(20-10-12-29-13-11-20)28(40)30-16-22-5-4-14-41-22/h2-3,6-13,15,18,22,27H,4-5,14,16-17H2,1H3,(H,30,40)/t22-,27-/m0/s1. The maximum Gasteiger partial charge on any atom is 0.249 e. The number of para-hydroxylation sites is 1. The predicted octanol–water partition coefficient (Wildman–Crippen LogP) is 2.18. The maximum absolute atomic E-state index is 14.2. The number of tetrazole rings is 1. The largest absolute Gasteiger partial charge is 0.376 e. The monoisotopic (exact) mass is 552 g/mol. The Morgan fingerprint density at radius 1 is 1.12 bits per heavy atom. The first-order valence-corrected chi connectivity index (χ1v) is 13.3. The van der Waals surface area contributed by atoms with Crippen LogP contribution in [0.3, 0.4) is 0 Å². The van der Waals surface area contributed by atoms with Gasteiger partial charge in [0.2, 0.25) is 11.8 Å². The van der Waals surface area contributed by atoms with E-state index in [1.165, 1.54) is 11.2 Å². The molecule has 1 aliphatic rings. The van der Waals surface area contributed by atoms with Gasteiger partial charge in [-0.3, -0.25) is 19.5 Å². The number of pyridine rings is 1. The van der Waals surface area contributed by atoms with Gasteiger partial charge in [-0.25, -0.2) is 9.36 Å². The number of hydrogen-bond donors (Lipinski definition) is 1. The van der Waals surface area contributed by atoms with E-state index in [0.29, 0.717) is 35.4 Å². The minimum Gasteiger partial charge on any atom is -0.376 e. The molecular formula is C28H28N10O3. The third-order valence-corrected chi connectivity index (χ3v) is 7.08. The Labute approximate surface area is 235 Å². The molecule has 0 radical (unpaired) electrons. The molecule has 41 heavy (non-hydrogen) atoms. The van der Waals surface area contributed by atoms with Gasteiger partial charge < -0.3 is 10.1 Å². The molecule has 2 aromatic carbocycles. The van der Waals surface area contributed by atoms with Crippen molar-refractivity contribution in [1.82, 2.24) is 45.5 Å². The topological polar surface area (TPSA) is 146 Å². The van der Waals surface area contributed by atoms with E-state index in [9.17, 15) is 9.59 Å². The van der Waals surface area contributed by atoms with Gasteiger partial charge in [0.05, 0.1) is 17.3 Å². The van der Waals surface area contributed by atoms with Crippen LogP contribution in [-0.2, 0) is 20.9 Å². The van der Waals surface area contributed by atoms with Crippen molar-refractivity contribution in [3.8, 4) is 5.69 Å². The molecule has 13 heteroatoms. The van der Waals surface area contributed by atoms with Gasteiger partial charge in [0.25, 0.3) is 0 Å². The summed E-state index contributed by atoms with van der Waals surface area (Å²) < 4.78 is 8.80. The summed E-state index contributed by atoms with van der Waals surface area (Å²) in [6.45, 7) is 2.80. The Kier molecular flexibility index (Phi) is 7.41. The van der Waals surface area contributed by atoms with Crippen LogP contribution in [0.1, 0.15) is 30.0 Å². The van der Waals surface area contributed by atoms with Crippen LogP contribution < -0.4 is 10.2 Å². The Morgan fingerprint density at radius 3 is 2.73 bits per heavy atom. The van der Waals surface area contributed by atoms with Crippen molar-refractivity contribution in [1.29, 1.82) is 0 Å². The summed E-state index contributed by atoms with van der Waals surface area (Å²) in [5.74, 6) is -0.671. The smallest absolute Gasteiger partial charge is 0.249 e. The average molecular weight is 553 g/mol. The lowest BCUT2D eigenvalue weighted by molar-refractivity contribution is -0.127. The lowest BCUT2D eigenvalue weighted by Crippen LogP contribution is -2.46. The lowest BCUT2D eigenvalue weighted by atomic mass is 10.0. The number of nitrogens with zero attached hydrogens (tertiary/aromatic N) is 9. The number of carbonyl (C=O) groups excluding carboxylic acids is 2. The zero-order valence-corrected chi connectivity index (χ0v) is 22.4. The van der Waals surface area contributed by atoms with Crippen molar-refractivity contribution in [2.45, 2.75) is 38.5 Å². The number of aromatic nitrogens is 8. The third kappa shape index (κ3) is 5.52. The highest BCUT2D eigenvalue weighted by molar-refractivity contribution is 6.01. The lowest BCUT2D eigenvalue weighted by Gasteiger charge is -2.32. The van der Waals surface area contributed by atoms with Crippen molar-refractivity contribution >= 4 is 28.5 Å². The van der Waals surface area contributed by atoms with Gasteiger partial charge in [-0.05, 0) is 83.8 Å². The van der Waals surface area contributed by atoms with E-state index in [1.807, 2.05) is 43.3 Å². The number of ether oxygens (including phenoxy) is 1. The summed E-state index contributed by atoms with van der Waals surface area (Å²) in [4.78, 5) is 33.8. The van der Waals surface area contributed by atoms with E-state index >= 15 is 0 Å². The van der Waals surface area contributed by atoms with E-state index in [4.69, 9.17) is 4.74 Å². The molecule has 1 aliphatic heterocycles. The van der Waals surface area contributed by atoms with Crippen molar-refractivity contribution in [3.63, 3.8) is 0 Å². The molecule has 1 saturated heterocycles. The number of rotatable bonds is 9. The van der Waals surface area contributed by atoms with Gasteiger partial charge in [0.15, 0.2) is 0 Å². The SMILES string of the molecule is Cc1cc(N(C(=O)Cn2nnc3ccccc32)[C@H](C(=O)NC[C@@H]2CCCO2)c2ccncc2)ccc1-n1cnnn1. The van der Waals surface area contributed by atoms with Crippen molar-refractivity contribution in [3.05, 3.63) is 84.4 Å². The third-order valence-electron chi connectivity index (χ3n) is 7.08. The second kappa shape index (κ2) is 11.6. The Bertz CT molecular complexity index is 1650. The molecule has 208 valence electrons. The number of hydrogen-bond acceptors (Lipinski definition) is 9. The molecule has 4 heterocycles.